The lowest BCUT2D eigenvalue weighted by atomic mass is 10.0. The third kappa shape index (κ3) is 3.44. The number of esters is 1. The predicted octanol–water partition coefficient (Wildman–Crippen LogP) is 4.43. The van der Waals surface area contributed by atoms with E-state index >= 15 is 0 Å². The van der Waals surface area contributed by atoms with Gasteiger partial charge in [0.2, 0.25) is 6.79 Å². The molecular formula is C21H26O4. The van der Waals surface area contributed by atoms with Crippen LogP contribution < -0.4 is 9.47 Å². The fraction of sp³-hybridized carbons (Fsp3) is 0.476. The molecule has 1 aromatic rings. The Morgan fingerprint density at radius 2 is 1.92 bits per heavy atom. The van der Waals surface area contributed by atoms with Gasteiger partial charge < -0.3 is 14.2 Å². The average molecular weight is 342 g/mol. The monoisotopic (exact) mass is 342 g/mol. The zero-order chi connectivity index (χ0) is 18.2. The number of fused-ring (bicyclic) bond motifs is 1. The predicted molar refractivity (Wildman–Crippen MR) is 96.5 cm³/mol. The Bertz CT molecular complexity index is 726. The van der Waals surface area contributed by atoms with E-state index in [2.05, 4.69) is 40.3 Å². The Hall–Kier alpha value is -2.23. The maximum absolute atomic E-state index is 12.6. The van der Waals surface area contributed by atoms with Crippen molar-refractivity contribution in [2.75, 3.05) is 6.79 Å². The minimum atomic E-state index is -0.130. The van der Waals surface area contributed by atoms with Gasteiger partial charge in [-0.25, -0.2) is 0 Å². The molecular weight excluding hydrogens is 316 g/mol. The summed E-state index contributed by atoms with van der Waals surface area (Å²) in [5.41, 5.74) is 3.18. The van der Waals surface area contributed by atoms with Crippen LogP contribution in [0.1, 0.15) is 38.8 Å². The number of rotatable bonds is 6. The maximum atomic E-state index is 12.6. The molecule has 1 aliphatic heterocycles. The number of hydrogen-bond donors (Lipinski definition) is 0. The Labute approximate surface area is 149 Å². The fourth-order valence-corrected chi connectivity index (χ4v) is 3.54. The first-order chi connectivity index (χ1) is 11.8. The molecule has 1 fully saturated rings. The largest absolute Gasteiger partial charge is 0.461 e. The van der Waals surface area contributed by atoms with Gasteiger partial charge in [-0.2, -0.15) is 0 Å². The van der Waals surface area contributed by atoms with E-state index in [9.17, 15) is 4.79 Å². The summed E-state index contributed by atoms with van der Waals surface area (Å²) < 4.78 is 16.5. The molecule has 0 aromatic heterocycles. The summed E-state index contributed by atoms with van der Waals surface area (Å²) >= 11 is 0. The summed E-state index contributed by atoms with van der Waals surface area (Å²) in [4.78, 5) is 12.6. The SMILES string of the molecule is C=CCc1cc2c(cc1COC(=O)[C@@H]1[C@@H](C=C(C)C)C1(C)C)OCO2. The van der Waals surface area contributed by atoms with E-state index in [0.29, 0.717) is 12.2 Å². The molecule has 0 spiro atoms. The van der Waals surface area contributed by atoms with E-state index in [4.69, 9.17) is 14.2 Å². The van der Waals surface area contributed by atoms with Gasteiger partial charge in [-0.15, -0.1) is 6.58 Å². The molecule has 0 saturated heterocycles. The first-order valence-corrected chi connectivity index (χ1v) is 8.68. The molecule has 25 heavy (non-hydrogen) atoms. The molecule has 0 amide bonds. The lowest BCUT2D eigenvalue weighted by Crippen LogP contribution is -2.11. The van der Waals surface area contributed by atoms with E-state index in [-0.39, 0.29) is 36.6 Å². The van der Waals surface area contributed by atoms with Crippen molar-refractivity contribution in [2.24, 2.45) is 17.3 Å². The van der Waals surface area contributed by atoms with Crippen molar-refractivity contribution in [1.29, 1.82) is 0 Å². The Kier molecular flexibility index (Phi) is 4.63. The van der Waals surface area contributed by atoms with Gasteiger partial charge in [0.05, 0.1) is 5.92 Å². The molecule has 0 N–H and O–H groups in total. The summed E-state index contributed by atoms with van der Waals surface area (Å²) in [7, 11) is 0. The van der Waals surface area contributed by atoms with Gasteiger partial charge in [0.15, 0.2) is 11.5 Å². The summed E-state index contributed by atoms with van der Waals surface area (Å²) in [6.07, 6.45) is 4.70. The average Bonchev–Trinajstić information content (AvgIpc) is 2.88. The van der Waals surface area contributed by atoms with Crippen molar-refractivity contribution in [3.8, 4) is 11.5 Å². The highest BCUT2D eigenvalue weighted by Gasteiger charge is 2.61. The number of hydrogen-bond acceptors (Lipinski definition) is 4. The van der Waals surface area contributed by atoms with Crippen molar-refractivity contribution < 1.29 is 19.0 Å². The minimum Gasteiger partial charge on any atom is -0.461 e. The number of benzene rings is 1. The quantitative estimate of drug-likeness (QED) is 0.567. The van der Waals surface area contributed by atoms with Crippen LogP contribution in [0.5, 0.6) is 11.5 Å². The van der Waals surface area contributed by atoms with Gasteiger partial charge in [0, 0.05) is 0 Å². The molecule has 1 saturated carbocycles. The summed E-state index contributed by atoms with van der Waals surface area (Å²) in [6.45, 7) is 12.6. The molecule has 0 bridgehead atoms. The zero-order valence-electron chi connectivity index (χ0n) is 15.4. The van der Waals surface area contributed by atoms with E-state index in [1.807, 2.05) is 18.2 Å². The van der Waals surface area contributed by atoms with Crippen LogP contribution in [-0.2, 0) is 22.6 Å². The first-order valence-electron chi connectivity index (χ1n) is 8.68. The smallest absolute Gasteiger partial charge is 0.310 e. The van der Waals surface area contributed by atoms with Gasteiger partial charge >= 0.3 is 5.97 Å². The molecule has 4 heteroatoms. The number of ether oxygens (including phenoxy) is 3. The van der Waals surface area contributed by atoms with Crippen molar-refractivity contribution >= 4 is 5.97 Å². The Morgan fingerprint density at radius 3 is 2.52 bits per heavy atom. The van der Waals surface area contributed by atoms with Crippen LogP contribution in [0.2, 0.25) is 0 Å². The van der Waals surface area contributed by atoms with E-state index in [1.54, 1.807) is 0 Å². The van der Waals surface area contributed by atoms with Gasteiger partial charge in [-0.05, 0) is 54.9 Å². The third-order valence-electron chi connectivity index (χ3n) is 5.11. The number of carbonyl (C=O) groups excluding carboxylic acids is 1. The first kappa shape index (κ1) is 17.6. The van der Waals surface area contributed by atoms with Crippen LogP contribution >= 0.6 is 0 Å². The Balaban J connectivity index is 1.70. The highest BCUT2D eigenvalue weighted by atomic mass is 16.7. The molecule has 0 radical (unpaired) electrons. The molecule has 1 aromatic carbocycles. The van der Waals surface area contributed by atoms with Gasteiger partial charge in [-0.1, -0.05) is 31.6 Å². The second kappa shape index (κ2) is 6.58. The fourth-order valence-electron chi connectivity index (χ4n) is 3.54. The molecule has 2 atom stereocenters. The summed E-state index contributed by atoms with van der Waals surface area (Å²) in [6, 6.07) is 3.85. The minimum absolute atomic E-state index is 0.0345. The van der Waals surface area contributed by atoms with Crippen molar-refractivity contribution in [2.45, 2.75) is 40.7 Å². The molecule has 4 nitrogen and oxygen atoms in total. The number of allylic oxidation sites excluding steroid dienone is 3. The molecule has 1 heterocycles. The molecule has 2 aliphatic rings. The highest BCUT2D eigenvalue weighted by molar-refractivity contribution is 5.78. The van der Waals surface area contributed by atoms with Crippen LogP contribution in [0.15, 0.2) is 36.4 Å². The Morgan fingerprint density at radius 1 is 1.28 bits per heavy atom. The van der Waals surface area contributed by atoms with Crippen LogP contribution in [0.25, 0.3) is 0 Å². The van der Waals surface area contributed by atoms with Crippen molar-refractivity contribution in [3.05, 3.63) is 47.6 Å². The van der Waals surface area contributed by atoms with Crippen LogP contribution in [0, 0.1) is 17.3 Å². The summed E-state index contributed by atoms with van der Waals surface area (Å²) in [5.74, 6) is 1.50. The highest BCUT2D eigenvalue weighted by Crippen LogP contribution is 2.59. The van der Waals surface area contributed by atoms with E-state index < -0.39 is 0 Å². The maximum Gasteiger partial charge on any atom is 0.310 e. The third-order valence-corrected chi connectivity index (χ3v) is 5.11. The van der Waals surface area contributed by atoms with Crippen LogP contribution in [0.4, 0.5) is 0 Å². The standard InChI is InChI=1S/C21H26O4/c1-6-7-14-9-17-18(25-12-24-17)10-15(14)11-23-20(22)19-16(8-13(2)3)21(19,4)5/h6,8-10,16,19H,1,7,11-12H2,2-5H3/t16-,19+/m1/s1. The second-order valence-corrected chi connectivity index (χ2v) is 7.64. The van der Waals surface area contributed by atoms with E-state index in [0.717, 1.165) is 16.9 Å². The van der Waals surface area contributed by atoms with Gasteiger partial charge in [0.25, 0.3) is 0 Å². The van der Waals surface area contributed by atoms with Crippen LogP contribution in [0.3, 0.4) is 0 Å². The topological polar surface area (TPSA) is 44.8 Å². The molecule has 3 rings (SSSR count). The normalized spacial score (nSPS) is 22.2. The van der Waals surface area contributed by atoms with Gasteiger partial charge in [-0.3, -0.25) is 4.79 Å². The van der Waals surface area contributed by atoms with Crippen molar-refractivity contribution in [3.63, 3.8) is 0 Å². The molecule has 1 aliphatic carbocycles. The molecule has 0 unspecified atom stereocenters. The van der Waals surface area contributed by atoms with Gasteiger partial charge in [0.1, 0.15) is 6.61 Å². The lowest BCUT2D eigenvalue weighted by Gasteiger charge is -2.11. The number of carbonyl (C=O) groups is 1. The molecule has 134 valence electrons. The zero-order valence-corrected chi connectivity index (χ0v) is 15.4. The lowest BCUT2D eigenvalue weighted by molar-refractivity contribution is -0.147. The van der Waals surface area contributed by atoms with Crippen LogP contribution in [-0.4, -0.2) is 12.8 Å². The van der Waals surface area contributed by atoms with Crippen molar-refractivity contribution in [1.82, 2.24) is 0 Å². The summed E-state index contributed by atoms with van der Waals surface area (Å²) in [5, 5.41) is 0. The second-order valence-electron chi connectivity index (χ2n) is 7.64. The van der Waals surface area contributed by atoms with E-state index in [1.165, 1.54) is 5.57 Å².